The normalized spacial score (nSPS) is 13.2. The van der Waals surface area contributed by atoms with E-state index >= 15 is 0 Å². The zero-order valence-electron chi connectivity index (χ0n) is 10.7. The number of hydrogen-bond acceptors (Lipinski definition) is 1. The zero-order valence-corrected chi connectivity index (χ0v) is 12.3. The van der Waals surface area contributed by atoms with Crippen LogP contribution in [0.1, 0.15) is 32.8 Å². The Balaban J connectivity index is 2.67. The highest BCUT2D eigenvalue weighted by molar-refractivity contribution is 9.09. The molecule has 1 N–H and O–H groups in total. The van der Waals surface area contributed by atoms with Crippen molar-refractivity contribution in [1.82, 2.24) is 5.32 Å². The summed E-state index contributed by atoms with van der Waals surface area (Å²) in [7, 11) is 0. The van der Waals surface area contributed by atoms with Crippen molar-refractivity contribution >= 4 is 21.8 Å². The van der Waals surface area contributed by atoms with Gasteiger partial charge in [-0.15, -0.1) is 0 Å². The molecule has 0 aliphatic rings. The Labute approximate surface area is 112 Å². The Morgan fingerprint density at radius 2 is 1.94 bits per heavy atom. The molecule has 0 aliphatic carbocycles. The molecule has 0 saturated carbocycles. The average molecular weight is 298 g/mol. The van der Waals surface area contributed by atoms with Crippen molar-refractivity contribution < 1.29 is 4.79 Å². The summed E-state index contributed by atoms with van der Waals surface area (Å²) in [6.45, 7) is 6.67. The van der Waals surface area contributed by atoms with E-state index in [0.717, 1.165) is 12.0 Å². The molecule has 0 spiro atoms. The highest BCUT2D eigenvalue weighted by Crippen LogP contribution is 2.22. The van der Waals surface area contributed by atoms with Crippen LogP contribution in [-0.4, -0.2) is 17.3 Å². The van der Waals surface area contributed by atoms with Gasteiger partial charge >= 0.3 is 0 Å². The van der Waals surface area contributed by atoms with Crippen LogP contribution in [0, 0.1) is 0 Å². The van der Waals surface area contributed by atoms with Crippen molar-refractivity contribution in [3.05, 3.63) is 35.9 Å². The van der Waals surface area contributed by atoms with E-state index in [1.807, 2.05) is 44.2 Å². The van der Waals surface area contributed by atoms with Crippen molar-refractivity contribution in [2.24, 2.45) is 0 Å². The van der Waals surface area contributed by atoms with Gasteiger partial charge in [0.2, 0.25) is 5.91 Å². The lowest BCUT2D eigenvalue weighted by Gasteiger charge is -2.24. The molecule has 2 nitrogen and oxygen atoms in total. The van der Waals surface area contributed by atoms with E-state index in [4.69, 9.17) is 0 Å². The molecular formula is C14H20BrNO. The minimum absolute atomic E-state index is 0.0709. The third-order valence-electron chi connectivity index (χ3n) is 2.99. The van der Waals surface area contributed by atoms with E-state index < -0.39 is 5.41 Å². The lowest BCUT2D eigenvalue weighted by atomic mass is 9.84. The molecule has 94 valence electrons. The minimum atomic E-state index is -0.484. The molecule has 1 unspecified atom stereocenters. The third kappa shape index (κ3) is 3.84. The second-order valence-corrected chi connectivity index (χ2v) is 6.00. The van der Waals surface area contributed by atoms with Crippen molar-refractivity contribution in [2.75, 3.05) is 6.54 Å². The molecule has 3 heteroatoms. The number of carbonyl (C=O) groups is 1. The maximum atomic E-state index is 12.2. The number of benzene rings is 1. The van der Waals surface area contributed by atoms with Crippen LogP contribution in [-0.2, 0) is 10.2 Å². The van der Waals surface area contributed by atoms with Gasteiger partial charge in [-0.1, -0.05) is 53.2 Å². The number of alkyl halides is 1. The molecule has 1 aromatic rings. The molecule has 0 aromatic heterocycles. The maximum absolute atomic E-state index is 12.2. The zero-order chi connectivity index (χ0) is 12.9. The Bertz CT molecular complexity index is 362. The molecule has 1 atom stereocenters. The fourth-order valence-electron chi connectivity index (χ4n) is 1.55. The number of amides is 1. The summed E-state index contributed by atoms with van der Waals surface area (Å²) in [6.07, 6.45) is 1.01. The summed E-state index contributed by atoms with van der Waals surface area (Å²) in [4.78, 5) is 12.5. The van der Waals surface area contributed by atoms with Crippen LogP contribution in [0.3, 0.4) is 0 Å². The van der Waals surface area contributed by atoms with Crippen LogP contribution >= 0.6 is 15.9 Å². The lowest BCUT2D eigenvalue weighted by Crippen LogP contribution is -2.42. The van der Waals surface area contributed by atoms with E-state index in [1.165, 1.54) is 0 Å². The Morgan fingerprint density at radius 1 is 1.35 bits per heavy atom. The van der Waals surface area contributed by atoms with Crippen molar-refractivity contribution in [2.45, 2.75) is 37.4 Å². The van der Waals surface area contributed by atoms with Gasteiger partial charge in [0.25, 0.3) is 0 Å². The summed E-state index contributed by atoms with van der Waals surface area (Å²) in [5.74, 6) is 0.0709. The minimum Gasteiger partial charge on any atom is -0.354 e. The fraction of sp³-hybridized carbons (Fsp3) is 0.500. The third-order valence-corrected chi connectivity index (χ3v) is 3.96. The highest BCUT2D eigenvalue weighted by Gasteiger charge is 2.29. The fourth-order valence-corrected chi connectivity index (χ4v) is 1.72. The van der Waals surface area contributed by atoms with Crippen LogP contribution in [0.5, 0.6) is 0 Å². The average Bonchev–Trinajstić information content (AvgIpc) is 2.36. The predicted molar refractivity (Wildman–Crippen MR) is 75.5 cm³/mol. The highest BCUT2D eigenvalue weighted by atomic mass is 79.9. The maximum Gasteiger partial charge on any atom is 0.230 e. The Morgan fingerprint density at radius 3 is 2.47 bits per heavy atom. The first-order chi connectivity index (χ1) is 7.98. The number of nitrogens with one attached hydrogen (secondary N) is 1. The number of carbonyl (C=O) groups excluding carboxylic acids is 1. The van der Waals surface area contributed by atoms with E-state index in [2.05, 4.69) is 28.2 Å². The van der Waals surface area contributed by atoms with Gasteiger partial charge < -0.3 is 5.32 Å². The van der Waals surface area contributed by atoms with Crippen molar-refractivity contribution in [3.8, 4) is 0 Å². The van der Waals surface area contributed by atoms with E-state index in [0.29, 0.717) is 11.4 Å². The van der Waals surface area contributed by atoms with E-state index in [1.54, 1.807) is 0 Å². The SMILES string of the molecule is CCC(Br)CNC(=O)C(C)(C)c1ccccc1. The topological polar surface area (TPSA) is 29.1 Å². The lowest BCUT2D eigenvalue weighted by molar-refractivity contribution is -0.125. The molecular weight excluding hydrogens is 278 g/mol. The molecule has 0 radical (unpaired) electrons. The van der Waals surface area contributed by atoms with Gasteiger partial charge in [-0.05, 0) is 25.8 Å². The second-order valence-electron chi connectivity index (χ2n) is 4.71. The first-order valence-corrected chi connectivity index (χ1v) is 6.88. The van der Waals surface area contributed by atoms with Gasteiger partial charge in [0.05, 0.1) is 5.41 Å². The van der Waals surface area contributed by atoms with Crippen LogP contribution in [0.25, 0.3) is 0 Å². The van der Waals surface area contributed by atoms with Crippen LogP contribution in [0.2, 0.25) is 0 Å². The molecule has 17 heavy (non-hydrogen) atoms. The number of rotatable bonds is 5. The van der Waals surface area contributed by atoms with Crippen LogP contribution < -0.4 is 5.32 Å². The summed E-state index contributed by atoms with van der Waals surface area (Å²) >= 11 is 3.51. The van der Waals surface area contributed by atoms with Gasteiger partial charge in [-0.3, -0.25) is 4.79 Å². The van der Waals surface area contributed by atoms with Gasteiger partial charge in [-0.2, -0.15) is 0 Å². The monoisotopic (exact) mass is 297 g/mol. The Hall–Kier alpha value is -0.830. The summed E-state index contributed by atoms with van der Waals surface area (Å²) in [6, 6.07) is 9.87. The summed E-state index contributed by atoms with van der Waals surface area (Å²) in [5, 5.41) is 2.99. The standard InChI is InChI=1S/C14H20BrNO/c1-4-12(15)10-16-13(17)14(2,3)11-8-6-5-7-9-11/h5-9,12H,4,10H2,1-3H3,(H,16,17). The number of hydrogen-bond donors (Lipinski definition) is 1. The molecule has 0 heterocycles. The molecule has 1 rings (SSSR count). The van der Waals surface area contributed by atoms with Gasteiger partial charge in [0.15, 0.2) is 0 Å². The molecule has 0 bridgehead atoms. The number of halogens is 1. The van der Waals surface area contributed by atoms with Crippen LogP contribution in [0.4, 0.5) is 0 Å². The Kier molecular flexibility index (Phi) is 5.19. The molecule has 0 aliphatic heterocycles. The molecule has 1 aromatic carbocycles. The summed E-state index contributed by atoms with van der Waals surface area (Å²) < 4.78 is 0. The summed E-state index contributed by atoms with van der Waals surface area (Å²) in [5.41, 5.74) is 0.557. The van der Waals surface area contributed by atoms with Crippen LogP contribution in [0.15, 0.2) is 30.3 Å². The van der Waals surface area contributed by atoms with Gasteiger partial charge in [0.1, 0.15) is 0 Å². The van der Waals surface area contributed by atoms with Gasteiger partial charge in [0, 0.05) is 11.4 Å². The molecule has 1 amide bonds. The quantitative estimate of drug-likeness (QED) is 0.831. The van der Waals surface area contributed by atoms with E-state index in [9.17, 15) is 4.79 Å². The second kappa shape index (κ2) is 6.20. The smallest absolute Gasteiger partial charge is 0.230 e. The molecule has 0 fully saturated rings. The van der Waals surface area contributed by atoms with Crippen molar-refractivity contribution in [1.29, 1.82) is 0 Å². The molecule has 0 saturated heterocycles. The first kappa shape index (κ1) is 14.2. The largest absolute Gasteiger partial charge is 0.354 e. The van der Waals surface area contributed by atoms with Gasteiger partial charge in [-0.25, -0.2) is 0 Å². The van der Waals surface area contributed by atoms with E-state index in [-0.39, 0.29) is 5.91 Å². The predicted octanol–water partition coefficient (Wildman–Crippen LogP) is 3.25. The van der Waals surface area contributed by atoms with Crippen molar-refractivity contribution in [3.63, 3.8) is 0 Å². The first-order valence-electron chi connectivity index (χ1n) is 5.96.